The van der Waals surface area contributed by atoms with E-state index in [4.69, 9.17) is 0 Å². The van der Waals surface area contributed by atoms with Crippen LogP contribution in [0, 0.1) is 0 Å². The van der Waals surface area contributed by atoms with Gasteiger partial charge in [0.2, 0.25) is 0 Å². The van der Waals surface area contributed by atoms with Crippen LogP contribution in [-0.4, -0.2) is 59.7 Å². The second-order valence-electron chi connectivity index (χ2n) is 8.08. The van der Waals surface area contributed by atoms with E-state index in [9.17, 15) is 0 Å². The molecule has 0 amide bonds. The summed E-state index contributed by atoms with van der Waals surface area (Å²) in [5, 5.41) is 6.26. The second-order valence-corrected chi connectivity index (χ2v) is 8.08. The number of para-hydroxylation sites is 1. The molecule has 2 fully saturated rings. The van der Waals surface area contributed by atoms with E-state index in [1.165, 1.54) is 60.0 Å². The molecule has 2 saturated heterocycles. The van der Waals surface area contributed by atoms with Crippen molar-refractivity contribution >= 4 is 21.8 Å². The number of fused-ring (bicyclic) bond motifs is 3. The molecule has 0 aliphatic carbocycles. The molecule has 3 aromatic rings. The molecule has 2 aliphatic rings. The van der Waals surface area contributed by atoms with Crippen LogP contribution in [0.15, 0.2) is 42.5 Å². The zero-order valence-corrected chi connectivity index (χ0v) is 16.3. The van der Waals surface area contributed by atoms with Crippen molar-refractivity contribution in [2.45, 2.75) is 32.5 Å². The van der Waals surface area contributed by atoms with Gasteiger partial charge in [-0.25, -0.2) is 0 Å². The lowest BCUT2D eigenvalue weighted by molar-refractivity contribution is 0.170. The number of hydrogen-bond donors (Lipinski definition) is 1. The standard InChI is InChI=1S/C23H30N4/c1-2-27-22-6-4-3-5-20(22)21-15-18(7-8-23(21)27)16-25-12-9-19(17-25)26-13-10-24-11-14-26/h3-8,15,19,24H,2,9-14,16-17H2,1H3. The van der Waals surface area contributed by atoms with Crippen molar-refractivity contribution in [2.24, 2.45) is 0 Å². The third-order valence-corrected chi connectivity index (χ3v) is 6.47. The number of likely N-dealkylation sites (tertiary alicyclic amines) is 1. The van der Waals surface area contributed by atoms with Crippen LogP contribution < -0.4 is 5.32 Å². The Morgan fingerprint density at radius 3 is 2.63 bits per heavy atom. The van der Waals surface area contributed by atoms with Crippen LogP contribution in [-0.2, 0) is 13.1 Å². The summed E-state index contributed by atoms with van der Waals surface area (Å²) >= 11 is 0. The highest BCUT2D eigenvalue weighted by molar-refractivity contribution is 6.08. The first kappa shape index (κ1) is 17.2. The number of hydrogen-bond acceptors (Lipinski definition) is 3. The molecule has 4 heteroatoms. The fraction of sp³-hybridized carbons (Fsp3) is 0.478. The molecule has 1 N–H and O–H groups in total. The zero-order valence-electron chi connectivity index (χ0n) is 16.3. The van der Waals surface area contributed by atoms with Gasteiger partial charge < -0.3 is 9.88 Å². The molecule has 1 atom stereocenters. The summed E-state index contributed by atoms with van der Waals surface area (Å²) in [6.45, 7) is 11.5. The van der Waals surface area contributed by atoms with E-state index < -0.39 is 0 Å². The number of benzene rings is 2. The van der Waals surface area contributed by atoms with Crippen molar-refractivity contribution in [3.8, 4) is 0 Å². The monoisotopic (exact) mass is 362 g/mol. The number of rotatable bonds is 4. The molecule has 1 aromatic heterocycles. The predicted molar refractivity (Wildman–Crippen MR) is 113 cm³/mol. The van der Waals surface area contributed by atoms with Crippen LogP contribution in [0.2, 0.25) is 0 Å². The molecule has 0 saturated carbocycles. The Balaban J connectivity index is 1.37. The maximum absolute atomic E-state index is 3.47. The van der Waals surface area contributed by atoms with Crippen LogP contribution in [0.25, 0.3) is 21.8 Å². The lowest BCUT2D eigenvalue weighted by Crippen LogP contribution is -2.49. The maximum atomic E-state index is 3.47. The van der Waals surface area contributed by atoms with Gasteiger partial charge in [-0.05, 0) is 37.1 Å². The van der Waals surface area contributed by atoms with Crippen LogP contribution in [0.4, 0.5) is 0 Å². The quantitative estimate of drug-likeness (QED) is 0.770. The Kier molecular flexibility index (Phi) is 4.64. The van der Waals surface area contributed by atoms with Crippen molar-refractivity contribution in [1.29, 1.82) is 0 Å². The smallest absolute Gasteiger partial charge is 0.0491 e. The molecule has 2 aromatic carbocycles. The average molecular weight is 363 g/mol. The fourth-order valence-corrected chi connectivity index (χ4v) is 5.10. The number of piperazine rings is 1. The number of nitrogens with zero attached hydrogens (tertiary/aromatic N) is 3. The molecule has 27 heavy (non-hydrogen) atoms. The number of nitrogens with one attached hydrogen (secondary N) is 1. The van der Waals surface area contributed by atoms with E-state index in [-0.39, 0.29) is 0 Å². The minimum absolute atomic E-state index is 0.748. The predicted octanol–water partition coefficient (Wildman–Crippen LogP) is 3.29. The summed E-state index contributed by atoms with van der Waals surface area (Å²) < 4.78 is 2.44. The fourth-order valence-electron chi connectivity index (χ4n) is 5.10. The average Bonchev–Trinajstić information content (AvgIpc) is 3.31. The van der Waals surface area contributed by atoms with Crippen LogP contribution in [0.1, 0.15) is 18.9 Å². The van der Waals surface area contributed by atoms with Crippen molar-refractivity contribution < 1.29 is 0 Å². The molecule has 4 nitrogen and oxygen atoms in total. The molecule has 5 rings (SSSR count). The van der Waals surface area contributed by atoms with Gasteiger partial charge in [-0.15, -0.1) is 0 Å². The van der Waals surface area contributed by atoms with Gasteiger partial charge in [-0.3, -0.25) is 9.80 Å². The van der Waals surface area contributed by atoms with Gasteiger partial charge in [0.15, 0.2) is 0 Å². The van der Waals surface area contributed by atoms with E-state index in [2.05, 4.69) is 69.1 Å². The largest absolute Gasteiger partial charge is 0.341 e. The van der Waals surface area contributed by atoms with E-state index in [0.29, 0.717) is 0 Å². The van der Waals surface area contributed by atoms with Gasteiger partial charge in [0.25, 0.3) is 0 Å². The Morgan fingerprint density at radius 1 is 0.963 bits per heavy atom. The molecular formula is C23H30N4. The zero-order chi connectivity index (χ0) is 18.2. The van der Waals surface area contributed by atoms with Gasteiger partial charge in [-0.2, -0.15) is 0 Å². The lowest BCUT2D eigenvalue weighted by Gasteiger charge is -2.32. The summed E-state index contributed by atoms with van der Waals surface area (Å²) in [5.74, 6) is 0. The topological polar surface area (TPSA) is 23.4 Å². The summed E-state index contributed by atoms with van der Waals surface area (Å²) in [5.41, 5.74) is 4.16. The van der Waals surface area contributed by atoms with Gasteiger partial charge in [-0.1, -0.05) is 24.3 Å². The minimum Gasteiger partial charge on any atom is -0.341 e. The Morgan fingerprint density at radius 2 is 1.78 bits per heavy atom. The maximum Gasteiger partial charge on any atom is 0.0491 e. The molecule has 0 spiro atoms. The summed E-state index contributed by atoms with van der Waals surface area (Å²) in [7, 11) is 0. The highest BCUT2D eigenvalue weighted by atomic mass is 15.3. The Bertz CT molecular complexity index is 938. The molecule has 142 valence electrons. The first-order valence-corrected chi connectivity index (χ1v) is 10.5. The third-order valence-electron chi connectivity index (χ3n) is 6.47. The van der Waals surface area contributed by atoms with Crippen molar-refractivity contribution in [2.75, 3.05) is 39.3 Å². The SMILES string of the molecule is CCn1c2ccccc2c2cc(CN3CCC(N4CCNCC4)C3)ccc21. The van der Waals surface area contributed by atoms with E-state index in [0.717, 1.165) is 32.2 Å². The number of aromatic nitrogens is 1. The van der Waals surface area contributed by atoms with Crippen molar-refractivity contribution in [1.82, 2.24) is 19.7 Å². The van der Waals surface area contributed by atoms with Crippen LogP contribution in [0.5, 0.6) is 0 Å². The van der Waals surface area contributed by atoms with Crippen LogP contribution >= 0.6 is 0 Å². The molecule has 1 unspecified atom stereocenters. The first-order valence-electron chi connectivity index (χ1n) is 10.5. The van der Waals surface area contributed by atoms with Gasteiger partial charge in [0.1, 0.15) is 0 Å². The molecule has 3 heterocycles. The van der Waals surface area contributed by atoms with Crippen molar-refractivity contribution in [3.63, 3.8) is 0 Å². The van der Waals surface area contributed by atoms with E-state index >= 15 is 0 Å². The molecular weight excluding hydrogens is 332 g/mol. The van der Waals surface area contributed by atoms with Crippen LogP contribution in [0.3, 0.4) is 0 Å². The highest BCUT2D eigenvalue weighted by Gasteiger charge is 2.28. The van der Waals surface area contributed by atoms with Crippen molar-refractivity contribution in [3.05, 3.63) is 48.0 Å². The normalized spacial score (nSPS) is 22.2. The summed E-state index contributed by atoms with van der Waals surface area (Å²) in [6, 6.07) is 16.7. The van der Waals surface area contributed by atoms with E-state index in [1.807, 2.05) is 0 Å². The molecule has 2 aliphatic heterocycles. The Labute approximate surface area is 161 Å². The minimum atomic E-state index is 0.748. The Hall–Kier alpha value is -1.88. The molecule has 0 bridgehead atoms. The number of aryl methyl sites for hydroxylation is 1. The van der Waals surface area contributed by atoms with Gasteiger partial charge in [0, 0.05) is 80.2 Å². The molecule has 0 radical (unpaired) electrons. The lowest BCUT2D eigenvalue weighted by atomic mass is 10.1. The van der Waals surface area contributed by atoms with Gasteiger partial charge >= 0.3 is 0 Å². The summed E-state index contributed by atoms with van der Waals surface area (Å²) in [4.78, 5) is 5.33. The first-order chi connectivity index (χ1) is 13.3. The van der Waals surface area contributed by atoms with Gasteiger partial charge in [0.05, 0.1) is 0 Å². The highest BCUT2D eigenvalue weighted by Crippen LogP contribution is 2.30. The summed E-state index contributed by atoms with van der Waals surface area (Å²) in [6.07, 6.45) is 1.32. The third kappa shape index (κ3) is 3.16. The second kappa shape index (κ2) is 7.27. The van der Waals surface area contributed by atoms with E-state index in [1.54, 1.807) is 0 Å².